The highest BCUT2D eigenvalue weighted by Gasteiger charge is 2.38. The van der Waals surface area contributed by atoms with Crippen LogP contribution < -0.4 is 5.73 Å². The van der Waals surface area contributed by atoms with E-state index in [1.807, 2.05) is 0 Å². The van der Waals surface area contributed by atoms with Crippen molar-refractivity contribution in [3.05, 3.63) is 17.7 Å². The third-order valence-corrected chi connectivity index (χ3v) is 3.01. The molecule has 6 heteroatoms. The van der Waals surface area contributed by atoms with E-state index in [0.29, 0.717) is 18.8 Å². The molecular weight excluding hydrogens is 219 g/mol. The highest BCUT2D eigenvalue weighted by Crippen LogP contribution is 2.35. The van der Waals surface area contributed by atoms with Crippen LogP contribution in [0.15, 0.2) is 6.20 Å². The standard InChI is InChI=1S/C10H14F3N3/c11-10(12,13)9-15-6-8-7(3-4-14)2-1-5-16(8)9/h6-7H,1-5,14H2. The summed E-state index contributed by atoms with van der Waals surface area (Å²) in [5, 5.41) is 0. The summed E-state index contributed by atoms with van der Waals surface area (Å²) in [5.41, 5.74) is 6.14. The fraction of sp³-hybridized carbons (Fsp3) is 0.700. The van der Waals surface area contributed by atoms with Gasteiger partial charge in [-0.2, -0.15) is 13.2 Å². The topological polar surface area (TPSA) is 43.8 Å². The fourth-order valence-electron chi connectivity index (χ4n) is 2.31. The number of halogens is 3. The van der Waals surface area contributed by atoms with E-state index in [9.17, 15) is 13.2 Å². The quantitative estimate of drug-likeness (QED) is 0.850. The maximum absolute atomic E-state index is 12.6. The molecule has 0 bridgehead atoms. The summed E-state index contributed by atoms with van der Waals surface area (Å²) in [6, 6.07) is 0. The minimum absolute atomic E-state index is 0.127. The molecule has 0 saturated carbocycles. The second-order valence-corrected chi connectivity index (χ2v) is 4.07. The van der Waals surface area contributed by atoms with Gasteiger partial charge in [-0.3, -0.25) is 0 Å². The summed E-state index contributed by atoms with van der Waals surface area (Å²) in [5.74, 6) is -0.647. The zero-order valence-corrected chi connectivity index (χ0v) is 8.80. The van der Waals surface area contributed by atoms with Gasteiger partial charge in [0.25, 0.3) is 0 Å². The minimum Gasteiger partial charge on any atom is -0.330 e. The lowest BCUT2D eigenvalue weighted by molar-refractivity contribution is -0.147. The lowest BCUT2D eigenvalue weighted by Gasteiger charge is -2.25. The molecule has 1 aromatic rings. The third kappa shape index (κ3) is 1.93. The maximum Gasteiger partial charge on any atom is 0.449 e. The molecule has 1 atom stereocenters. The van der Waals surface area contributed by atoms with E-state index < -0.39 is 12.0 Å². The van der Waals surface area contributed by atoms with Crippen LogP contribution in [0.1, 0.15) is 36.7 Å². The van der Waals surface area contributed by atoms with E-state index in [-0.39, 0.29) is 5.92 Å². The van der Waals surface area contributed by atoms with Gasteiger partial charge in [0.2, 0.25) is 5.82 Å². The summed E-state index contributed by atoms with van der Waals surface area (Å²) in [7, 11) is 0. The number of hydrogen-bond acceptors (Lipinski definition) is 2. The van der Waals surface area contributed by atoms with E-state index in [0.717, 1.165) is 19.3 Å². The predicted octanol–water partition coefficient (Wildman–Crippen LogP) is 2.13. The first-order valence-electron chi connectivity index (χ1n) is 5.36. The SMILES string of the molecule is NCCC1CCCn2c1cnc2C(F)(F)F. The average molecular weight is 233 g/mol. The van der Waals surface area contributed by atoms with Crippen LogP contribution in [0.25, 0.3) is 0 Å². The first kappa shape index (κ1) is 11.4. The second kappa shape index (κ2) is 4.08. The van der Waals surface area contributed by atoms with Gasteiger partial charge >= 0.3 is 6.18 Å². The Morgan fingerprint density at radius 1 is 1.50 bits per heavy atom. The lowest BCUT2D eigenvalue weighted by atomic mass is 9.93. The Balaban J connectivity index is 2.35. The Labute approximate surface area is 91.5 Å². The highest BCUT2D eigenvalue weighted by molar-refractivity contribution is 5.15. The van der Waals surface area contributed by atoms with E-state index in [4.69, 9.17) is 5.73 Å². The van der Waals surface area contributed by atoms with Crippen molar-refractivity contribution < 1.29 is 13.2 Å². The van der Waals surface area contributed by atoms with E-state index in [1.54, 1.807) is 0 Å². The molecule has 2 rings (SSSR count). The number of fused-ring (bicyclic) bond motifs is 1. The Hall–Kier alpha value is -1.04. The summed E-state index contributed by atoms with van der Waals surface area (Å²) in [6.45, 7) is 0.905. The van der Waals surface area contributed by atoms with Gasteiger partial charge in [0.15, 0.2) is 0 Å². The predicted molar refractivity (Wildman–Crippen MR) is 52.9 cm³/mol. The van der Waals surface area contributed by atoms with Crippen molar-refractivity contribution in [2.24, 2.45) is 5.73 Å². The zero-order chi connectivity index (χ0) is 11.8. The van der Waals surface area contributed by atoms with Gasteiger partial charge in [0.05, 0.1) is 0 Å². The largest absolute Gasteiger partial charge is 0.449 e. The molecule has 1 aliphatic rings. The molecule has 0 spiro atoms. The van der Waals surface area contributed by atoms with Crippen LogP contribution in [-0.2, 0) is 12.7 Å². The normalized spacial score (nSPS) is 20.9. The molecule has 16 heavy (non-hydrogen) atoms. The summed E-state index contributed by atoms with van der Waals surface area (Å²) >= 11 is 0. The lowest BCUT2D eigenvalue weighted by Crippen LogP contribution is -2.22. The van der Waals surface area contributed by atoms with Gasteiger partial charge in [-0.05, 0) is 25.8 Å². The van der Waals surface area contributed by atoms with E-state index in [2.05, 4.69) is 4.98 Å². The van der Waals surface area contributed by atoms with Gasteiger partial charge in [0, 0.05) is 24.4 Å². The maximum atomic E-state index is 12.6. The van der Waals surface area contributed by atoms with Crippen LogP contribution in [0, 0.1) is 0 Å². The van der Waals surface area contributed by atoms with Crippen molar-refractivity contribution in [1.82, 2.24) is 9.55 Å². The van der Waals surface area contributed by atoms with Crippen molar-refractivity contribution in [3.8, 4) is 0 Å². The van der Waals surface area contributed by atoms with E-state index in [1.165, 1.54) is 10.8 Å². The number of hydrogen-bond donors (Lipinski definition) is 1. The van der Waals surface area contributed by atoms with Crippen molar-refractivity contribution >= 4 is 0 Å². The molecule has 0 amide bonds. The number of rotatable bonds is 2. The smallest absolute Gasteiger partial charge is 0.330 e. The third-order valence-electron chi connectivity index (χ3n) is 3.01. The number of nitrogens with two attached hydrogens (primary N) is 1. The number of alkyl halides is 3. The molecule has 2 heterocycles. The molecule has 0 aliphatic carbocycles. The van der Waals surface area contributed by atoms with E-state index >= 15 is 0 Å². The average Bonchev–Trinajstić information content (AvgIpc) is 2.62. The Kier molecular flexibility index (Phi) is 2.92. The summed E-state index contributed by atoms with van der Waals surface area (Å²) in [6.07, 6.45) is -0.620. The molecule has 90 valence electrons. The molecule has 0 saturated heterocycles. The molecule has 2 N–H and O–H groups in total. The van der Waals surface area contributed by atoms with Gasteiger partial charge in [0.1, 0.15) is 0 Å². The minimum atomic E-state index is -4.36. The van der Waals surface area contributed by atoms with Gasteiger partial charge < -0.3 is 10.3 Å². The van der Waals surface area contributed by atoms with Crippen LogP contribution in [0.3, 0.4) is 0 Å². The van der Waals surface area contributed by atoms with Crippen LogP contribution in [0.5, 0.6) is 0 Å². The van der Waals surface area contributed by atoms with Crippen LogP contribution in [-0.4, -0.2) is 16.1 Å². The van der Waals surface area contributed by atoms with Crippen molar-refractivity contribution in [3.63, 3.8) is 0 Å². The monoisotopic (exact) mass is 233 g/mol. The molecule has 3 nitrogen and oxygen atoms in total. The van der Waals surface area contributed by atoms with Crippen LogP contribution >= 0.6 is 0 Å². The van der Waals surface area contributed by atoms with Gasteiger partial charge in [-0.15, -0.1) is 0 Å². The van der Waals surface area contributed by atoms with Crippen LogP contribution in [0.4, 0.5) is 13.2 Å². The first-order chi connectivity index (χ1) is 7.54. The molecule has 0 aromatic carbocycles. The molecule has 0 radical (unpaired) electrons. The second-order valence-electron chi connectivity index (χ2n) is 4.07. The molecular formula is C10H14F3N3. The van der Waals surface area contributed by atoms with Gasteiger partial charge in [-0.1, -0.05) is 0 Å². The summed E-state index contributed by atoms with van der Waals surface area (Å²) < 4.78 is 39.1. The number of nitrogens with zero attached hydrogens (tertiary/aromatic N) is 2. The first-order valence-corrected chi connectivity index (χ1v) is 5.36. The summed E-state index contributed by atoms with van der Waals surface area (Å²) in [4.78, 5) is 3.50. The van der Waals surface area contributed by atoms with Crippen molar-refractivity contribution in [2.75, 3.05) is 6.54 Å². The Morgan fingerprint density at radius 3 is 2.88 bits per heavy atom. The number of aromatic nitrogens is 2. The van der Waals surface area contributed by atoms with Crippen molar-refractivity contribution in [1.29, 1.82) is 0 Å². The van der Waals surface area contributed by atoms with Crippen LogP contribution in [0.2, 0.25) is 0 Å². The number of imidazole rings is 1. The zero-order valence-electron chi connectivity index (χ0n) is 8.80. The molecule has 0 fully saturated rings. The molecule has 1 unspecified atom stereocenters. The Bertz CT molecular complexity index is 370. The molecule has 1 aliphatic heterocycles. The van der Waals surface area contributed by atoms with Crippen molar-refractivity contribution in [2.45, 2.75) is 37.9 Å². The Morgan fingerprint density at radius 2 is 2.25 bits per heavy atom. The highest BCUT2D eigenvalue weighted by atomic mass is 19.4. The van der Waals surface area contributed by atoms with Gasteiger partial charge in [-0.25, -0.2) is 4.98 Å². The fourth-order valence-corrected chi connectivity index (χ4v) is 2.31. The molecule has 1 aromatic heterocycles.